The maximum atomic E-state index is 12.8. The van der Waals surface area contributed by atoms with Crippen LogP contribution >= 0.6 is 11.3 Å². The van der Waals surface area contributed by atoms with Gasteiger partial charge in [-0.05, 0) is 42.5 Å². The number of anilines is 2. The number of ether oxygens (including phenoxy) is 3. The first-order valence-electron chi connectivity index (χ1n) is 9.94. The number of carbonyl (C=O) groups excluding carboxylic acids is 1. The molecule has 1 amide bonds. The number of hydrogen-bond donors (Lipinski definition) is 2. The lowest BCUT2D eigenvalue weighted by molar-refractivity contribution is 0.102. The Morgan fingerprint density at radius 3 is 2.29 bits per heavy atom. The van der Waals surface area contributed by atoms with Gasteiger partial charge in [-0.1, -0.05) is 17.4 Å². The third-order valence-electron chi connectivity index (χ3n) is 4.86. The standard InChI is InChI=1S/C23H21N3O6S2/c1-30-16-7-9-17(10-8-16)34(28,29)26-15-6-4-5-14(11-15)22(27)25-23-24-18-12-19(31-2)20(32-3)13-21(18)33-23/h4-13,26H,1-3H3,(H,24,25,27). The van der Waals surface area contributed by atoms with Crippen molar-refractivity contribution >= 4 is 48.3 Å². The fourth-order valence-corrected chi connectivity index (χ4v) is 5.09. The van der Waals surface area contributed by atoms with E-state index in [1.807, 2.05) is 0 Å². The first-order valence-corrected chi connectivity index (χ1v) is 12.2. The summed E-state index contributed by atoms with van der Waals surface area (Å²) in [6.45, 7) is 0. The number of aromatic nitrogens is 1. The minimum absolute atomic E-state index is 0.0727. The molecule has 11 heteroatoms. The molecule has 0 fully saturated rings. The van der Waals surface area contributed by atoms with Crippen LogP contribution in [0.5, 0.6) is 17.2 Å². The van der Waals surface area contributed by atoms with Crippen molar-refractivity contribution < 1.29 is 27.4 Å². The van der Waals surface area contributed by atoms with E-state index < -0.39 is 15.9 Å². The quantitative estimate of drug-likeness (QED) is 0.370. The van der Waals surface area contributed by atoms with E-state index in [0.29, 0.717) is 27.9 Å². The summed E-state index contributed by atoms with van der Waals surface area (Å²) in [5.74, 6) is 1.22. The third-order valence-corrected chi connectivity index (χ3v) is 7.19. The Bertz CT molecular complexity index is 1410. The number of rotatable bonds is 8. The summed E-state index contributed by atoms with van der Waals surface area (Å²) in [7, 11) is 0.740. The van der Waals surface area contributed by atoms with E-state index in [9.17, 15) is 13.2 Å². The molecule has 0 spiro atoms. The van der Waals surface area contributed by atoms with Gasteiger partial charge in [0, 0.05) is 23.4 Å². The number of methoxy groups -OCH3 is 3. The van der Waals surface area contributed by atoms with Crippen molar-refractivity contribution in [1.29, 1.82) is 0 Å². The lowest BCUT2D eigenvalue weighted by Crippen LogP contribution is -2.15. The molecule has 34 heavy (non-hydrogen) atoms. The van der Waals surface area contributed by atoms with E-state index in [1.165, 1.54) is 43.8 Å². The van der Waals surface area contributed by atoms with E-state index in [1.54, 1.807) is 49.6 Å². The van der Waals surface area contributed by atoms with Gasteiger partial charge in [0.2, 0.25) is 0 Å². The van der Waals surface area contributed by atoms with Crippen LogP contribution < -0.4 is 24.2 Å². The topological polar surface area (TPSA) is 116 Å². The highest BCUT2D eigenvalue weighted by molar-refractivity contribution is 7.92. The number of carbonyl (C=O) groups is 1. The molecule has 0 atom stereocenters. The largest absolute Gasteiger partial charge is 0.497 e. The van der Waals surface area contributed by atoms with Crippen molar-refractivity contribution in [2.45, 2.75) is 4.90 Å². The van der Waals surface area contributed by atoms with Crippen LogP contribution in [-0.2, 0) is 10.0 Å². The average molecular weight is 500 g/mol. The van der Waals surface area contributed by atoms with Crippen molar-refractivity contribution in [1.82, 2.24) is 4.98 Å². The van der Waals surface area contributed by atoms with Crippen LogP contribution in [0, 0.1) is 0 Å². The Kier molecular flexibility index (Phi) is 6.57. The molecule has 0 aliphatic carbocycles. The van der Waals surface area contributed by atoms with Gasteiger partial charge in [0.15, 0.2) is 16.6 Å². The van der Waals surface area contributed by atoms with Gasteiger partial charge in [-0.25, -0.2) is 13.4 Å². The second kappa shape index (κ2) is 9.57. The van der Waals surface area contributed by atoms with Gasteiger partial charge in [0.1, 0.15) is 5.75 Å². The van der Waals surface area contributed by atoms with Crippen molar-refractivity contribution in [3.63, 3.8) is 0 Å². The summed E-state index contributed by atoms with van der Waals surface area (Å²) < 4.78 is 44.3. The van der Waals surface area contributed by atoms with Gasteiger partial charge in [-0.2, -0.15) is 0 Å². The fraction of sp³-hybridized carbons (Fsp3) is 0.130. The highest BCUT2D eigenvalue weighted by Gasteiger charge is 2.17. The maximum absolute atomic E-state index is 12.8. The molecule has 2 N–H and O–H groups in total. The van der Waals surface area contributed by atoms with Crippen LogP contribution in [0.2, 0.25) is 0 Å². The summed E-state index contributed by atoms with van der Waals surface area (Å²) in [5, 5.41) is 3.14. The first kappa shape index (κ1) is 23.3. The molecule has 4 rings (SSSR count). The van der Waals surface area contributed by atoms with Crippen LogP contribution in [0.25, 0.3) is 10.2 Å². The van der Waals surface area contributed by atoms with E-state index in [4.69, 9.17) is 14.2 Å². The maximum Gasteiger partial charge on any atom is 0.261 e. The Morgan fingerprint density at radius 1 is 0.912 bits per heavy atom. The van der Waals surface area contributed by atoms with Gasteiger partial charge in [-0.15, -0.1) is 0 Å². The van der Waals surface area contributed by atoms with E-state index in [2.05, 4.69) is 15.0 Å². The van der Waals surface area contributed by atoms with Gasteiger partial charge in [-0.3, -0.25) is 14.8 Å². The molecule has 3 aromatic carbocycles. The van der Waals surface area contributed by atoms with Crippen LogP contribution in [0.3, 0.4) is 0 Å². The predicted molar refractivity (Wildman–Crippen MR) is 131 cm³/mol. The zero-order chi connectivity index (χ0) is 24.3. The van der Waals surface area contributed by atoms with Crippen LogP contribution in [-0.4, -0.2) is 40.6 Å². The molecule has 0 radical (unpaired) electrons. The van der Waals surface area contributed by atoms with Crippen molar-refractivity contribution in [2.75, 3.05) is 31.4 Å². The summed E-state index contributed by atoms with van der Waals surface area (Å²) in [5.41, 5.74) is 1.17. The number of hydrogen-bond acceptors (Lipinski definition) is 8. The summed E-state index contributed by atoms with van der Waals surface area (Å²) in [6.07, 6.45) is 0. The Balaban J connectivity index is 1.52. The molecule has 0 saturated heterocycles. The highest BCUT2D eigenvalue weighted by Crippen LogP contribution is 2.36. The molecule has 0 saturated carbocycles. The number of sulfonamides is 1. The van der Waals surface area contributed by atoms with Gasteiger partial charge in [0.25, 0.3) is 15.9 Å². The van der Waals surface area contributed by atoms with Crippen molar-refractivity contribution in [3.05, 3.63) is 66.2 Å². The molecule has 0 unspecified atom stereocenters. The molecule has 1 heterocycles. The first-order chi connectivity index (χ1) is 16.3. The highest BCUT2D eigenvalue weighted by atomic mass is 32.2. The lowest BCUT2D eigenvalue weighted by Gasteiger charge is -2.10. The van der Waals surface area contributed by atoms with Gasteiger partial charge >= 0.3 is 0 Å². The van der Waals surface area contributed by atoms with Gasteiger partial charge < -0.3 is 14.2 Å². The smallest absolute Gasteiger partial charge is 0.261 e. The number of nitrogens with one attached hydrogen (secondary N) is 2. The summed E-state index contributed by atoms with van der Waals surface area (Å²) >= 11 is 1.28. The summed E-state index contributed by atoms with van der Waals surface area (Å²) in [4.78, 5) is 17.3. The number of fused-ring (bicyclic) bond motifs is 1. The van der Waals surface area contributed by atoms with Crippen molar-refractivity contribution in [2.24, 2.45) is 0 Å². The van der Waals surface area contributed by atoms with Crippen molar-refractivity contribution in [3.8, 4) is 17.2 Å². The molecule has 1 aromatic heterocycles. The predicted octanol–water partition coefficient (Wildman–Crippen LogP) is 4.38. The minimum atomic E-state index is -3.84. The van der Waals surface area contributed by atoms with E-state index >= 15 is 0 Å². The van der Waals surface area contributed by atoms with Crippen LogP contribution in [0.15, 0.2) is 65.6 Å². The van der Waals surface area contributed by atoms with Crippen LogP contribution in [0.4, 0.5) is 10.8 Å². The summed E-state index contributed by atoms with van der Waals surface area (Å²) in [6, 6.07) is 15.7. The fourth-order valence-electron chi connectivity index (χ4n) is 3.17. The second-order valence-corrected chi connectivity index (χ2v) is 9.72. The molecule has 0 aliphatic rings. The number of thiazole rings is 1. The second-order valence-electron chi connectivity index (χ2n) is 7.01. The molecule has 0 aliphatic heterocycles. The van der Waals surface area contributed by atoms with Crippen LogP contribution in [0.1, 0.15) is 10.4 Å². The minimum Gasteiger partial charge on any atom is -0.497 e. The molecular weight excluding hydrogens is 478 g/mol. The lowest BCUT2D eigenvalue weighted by atomic mass is 10.2. The molecule has 9 nitrogen and oxygen atoms in total. The number of nitrogens with zero attached hydrogens (tertiary/aromatic N) is 1. The molecular formula is C23H21N3O6S2. The van der Waals surface area contributed by atoms with E-state index in [-0.39, 0.29) is 16.1 Å². The zero-order valence-electron chi connectivity index (χ0n) is 18.5. The Morgan fingerprint density at radius 2 is 1.62 bits per heavy atom. The average Bonchev–Trinajstić information content (AvgIpc) is 3.23. The van der Waals surface area contributed by atoms with Gasteiger partial charge in [0.05, 0.1) is 36.4 Å². The third kappa shape index (κ3) is 4.90. The number of amides is 1. The normalized spacial score (nSPS) is 11.1. The van der Waals surface area contributed by atoms with E-state index in [0.717, 1.165) is 4.70 Å². The molecule has 176 valence electrons. The Labute approximate surface area is 200 Å². The SMILES string of the molecule is COc1ccc(S(=O)(=O)Nc2cccc(C(=O)Nc3nc4cc(OC)c(OC)cc4s3)c2)cc1. The number of benzene rings is 3. The Hall–Kier alpha value is -3.83. The zero-order valence-corrected chi connectivity index (χ0v) is 20.1. The molecule has 4 aromatic rings. The molecule has 0 bridgehead atoms. The monoisotopic (exact) mass is 499 g/mol.